The first kappa shape index (κ1) is 67.0. The van der Waals surface area contributed by atoms with Gasteiger partial charge in [0.2, 0.25) is 21.5 Å². The zero-order valence-corrected chi connectivity index (χ0v) is 51.4. The summed E-state index contributed by atoms with van der Waals surface area (Å²) in [5, 5.41) is 48.6. The van der Waals surface area contributed by atoms with Crippen LogP contribution in [0.1, 0.15) is 46.5 Å². The number of thiazole rings is 1. The van der Waals surface area contributed by atoms with Gasteiger partial charge in [0.1, 0.15) is 23.0 Å². The molecule has 9 aromatic rings. The van der Waals surface area contributed by atoms with Gasteiger partial charge in [-0.1, -0.05) is 34.1 Å². The summed E-state index contributed by atoms with van der Waals surface area (Å²) in [6.07, 6.45) is 7.64. The van der Waals surface area contributed by atoms with Crippen LogP contribution in [0.3, 0.4) is 0 Å². The van der Waals surface area contributed by atoms with E-state index in [2.05, 4.69) is 40.6 Å². The second kappa shape index (κ2) is 33.0. The fourth-order valence-corrected chi connectivity index (χ4v) is 9.98. The van der Waals surface area contributed by atoms with Crippen LogP contribution in [-0.2, 0) is 20.0 Å². The number of phenolic OH excluding ortho intramolecular Hbond substituents is 1. The van der Waals surface area contributed by atoms with Crippen LogP contribution in [0.5, 0.6) is 28.7 Å². The maximum absolute atomic E-state index is 12.3. The number of sulfonamides is 2. The summed E-state index contributed by atoms with van der Waals surface area (Å²) in [7, 11) is -4.32. The molecule has 0 bridgehead atoms. The summed E-state index contributed by atoms with van der Waals surface area (Å²) in [4.78, 5) is 37.6. The predicted octanol–water partition coefficient (Wildman–Crippen LogP) is 13.1. The average Bonchev–Trinajstić information content (AvgIpc) is 3.82. The fourth-order valence-electron chi connectivity index (χ4n) is 7.21. The van der Waals surface area contributed by atoms with E-state index in [-0.39, 0.29) is 26.0 Å². The molecule has 22 nitrogen and oxygen atoms in total. The third kappa shape index (κ3) is 21.1. The molecule has 9 rings (SSSR count). The van der Waals surface area contributed by atoms with Gasteiger partial charge in [0, 0.05) is 69.6 Å². The molecule has 0 radical (unpaired) electrons. The van der Waals surface area contributed by atoms with E-state index in [1.807, 2.05) is 80.6 Å². The van der Waals surface area contributed by atoms with Crippen LogP contribution in [0, 0.1) is 15.3 Å². The lowest BCUT2D eigenvalue weighted by Crippen LogP contribution is -2.12. The highest BCUT2D eigenvalue weighted by Gasteiger charge is 2.19. The second-order valence-electron chi connectivity index (χ2n) is 17.6. The number of nitrogens with one attached hydrogen (secondary N) is 1. The number of rotatable bonds is 20. The lowest BCUT2D eigenvalue weighted by molar-refractivity contribution is -0.385. The Labute approximate surface area is 519 Å². The number of hydrogen-bond donors (Lipinski definition) is 4. The van der Waals surface area contributed by atoms with Gasteiger partial charge in [-0.15, -0.1) is 11.3 Å². The minimum absolute atomic E-state index is 0.0302. The number of methoxy groups -OCH3 is 2. The number of aromatic carboxylic acids is 1. The Kier molecular flexibility index (Phi) is 25.1. The maximum Gasteiger partial charge on any atom is 0.335 e. The molecule has 8 aromatic carbocycles. The third-order valence-electron chi connectivity index (χ3n) is 11.5. The number of phenols is 1. The van der Waals surface area contributed by atoms with Crippen LogP contribution < -0.4 is 28.8 Å². The molecule has 0 saturated heterocycles. The molecule has 0 amide bonds. The van der Waals surface area contributed by atoms with Gasteiger partial charge < -0.3 is 34.4 Å². The number of carboxylic acids is 1. The standard InChI is InChI=1S/C16H11BrN4O5S2.C16H15NO3.C15H16N2O4S.C15H15NO2/c17-11-7-10(15(22)14(8-11)21(23)24)9-19-12-1-3-13(4-2-12)28(25,26)20-16-18-5-6-27-16;1-2-20-15-9-3-12(4-10-15)11-17-14-7-5-13(6-8-14)16(18)19;1-20-13-5-8-15(21-2)11(9-13)10-17-12-3-6-14(7-4-12)22(16,18)19;1-2-18-15-10-8-13(9-11-15)12-16(17)14-6-4-3-5-7-14/h1-9,22H,(H,18,20);3-11H,2H2,1H3,(H,18,19);3-10H,1-2H3,(H2,16,18,19);3-12H,2H2,1H3/b;;;16-12-. The fraction of sp³-hybridized carbons (Fsp3) is 0.0968. The number of nitrogens with zero attached hydrogens (tertiary/aromatic N) is 6. The van der Waals surface area contributed by atoms with Crippen LogP contribution in [0.25, 0.3) is 0 Å². The first-order valence-electron chi connectivity index (χ1n) is 26.0. The van der Waals surface area contributed by atoms with E-state index in [0.717, 1.165) is 44.3 Å². The number of carbonyl (C=O) groups is 1. The topological polar surface area (TPSA) is 320 Å². The third-order valence-corrected chi connectivity index (χ3v) is 15.1. The number of aliphatic imine (C=N–C) groups is 3. The Morgan fingerprint density at radius 3 is 1.69 bits per heavy atom. The molecule has 0 unspecified atom stereocenters. The van der Waals surface area contributed by atoms with Crippen molar-refractivity contribution < 1.29 is 60.5 Å². The Morgan fingerprint density at radius 2 is 1.19 bits per heavy atom. The summed E-state index contributed by atoms with van der Waals surface area (Å²) in [6, 6.07) is 50.2. The molecule has 0 aliphatic carbocycles. The van der Waals surface area contributed by atoms with Gasteiger partial charge in [-0.05, 0) is 165 Å². The van der Waals surface area contributed by atoms with Crippen molar-refractivity contribution in [3.63, 3.8) is 0 Å². The first-order valence-corrected chi connectivity index (χ1v) is 30.7. The molecule has 5 N–H and O–H groups in total. The summed E-state index contributed by atoms with van der Waals surface area (Å²) < 4.78 is 71.7. The number of hydrogen-bond acceptors (Lipinski definition) is 18. The van der Waals surface area contributed by atoms with E-state index in [4.69, 9.17) is 29.2 Å². The Hall–Kier alpha value is -10.1. The molecule has 1 heterocycles. The number of nitrogens with two attached hydrogens (primary N) is 1. The number of nitro benzene ring substituents is 1. The molecule has 0 aliphatic heterocycles. The zero-order chi connectivity index (χ0) is 63.6. The molecular weight excluding hydrogens is 1260 g/mol. The highest BCUT2D eigenvalue weighted by atomic mass is 79.9. The number of aromatic nitrogens is 1. The smallest absolute Gasteiger partial charge is 0.335 e. The summed E-state index contributed by atoms with van der Waals surface area (Å²) >= 11 is 4.30. The number of anilines is 1. The van der Waals surface area contributed by atoms with Crippen LogP contribution in [0.15, 0.2) is 223 Å². The Morgan fingerprint density at radius 1 is 0.670 bits per heavy atom. The van der Waals surface area contributed by atoms with Crippen LogP contribution in [0.4, 0.5) is 33.6 Å². The molecule has 0 spiro atoms. The molecule has 1 aromatic heterocycles. The van der Waals surface area contributed by atoms with Crippen LogP contribution in [-0.4, -0.2) is 100.0 Å². The van der Waals surface area contributed by atoms with Gasteiger partial charge in [-0.2, -0.15) is 4.74 Å². The van der Waals surface area contributed by atoms with Crippen molar-refractivity contribution in [2.24, 2.45) is 20.1 Å². The maximum atomic E-state index is 12.3. The van der Waals surface area contributed by atoms with E-state index in [9.17, 15) is 42.1 Å². The molecule has 0 saturated carbocycles. The molecule has 454 valence electrons. The van der Waals surface area contributed by atoms with Crippen LogP contribution in [0.2, 0.25) is 0 Å². The number of primary sulfonamides is 1. The average molecular weight is 1310 g/mol. The zero-order valence-electron chi connectivity index (χ0n) is 47.4. The van der Waals surface area contributed by atoms with Gasteiger partial charge in [0.15, 0.2) is 11.3 Å². The summed E-state index contributed by atoms with van der Waals surface area (Å²) in [5.74, 6) is 1.54. The number of carboxylic acid groups (broad SMARTS) is 1. The Bertz CT molecular complexity index is 4110. The van der Waals surface area contributed by atoms with Crippen molar-refractivity contribution in [3.05, 3.63) is 241 Å². The molecule has 26 heteroatoms. The molecule has 0 aliphatic rings. The quantitative estimate of drug-likeness (QED) is 0.0181. The minimum atomic E-state index is -3.77. The number of halogens is 1. The van der Waals surface area contributed by atoms with E-state index in [0.29, 0.717) is 51.9 Å². The number of benzene rings is 8. The summed E-state index contributed by atoms with van der Waals surface area (Å²) in [6.45, 7) is 5.16. The highest BCUT2D eigenvalue weighted by Crippen LogP contribution is 2.33. The van der Waals surface area contributed by atoms with Gasteiger partial charge in [0.25, 0.3) is 10.0 Å². The molecule has 0 atom stereocenters. The number of ether oxygens (including phenoxy) is 4. The van der Waals surface area contributed by atoms with Gasteiger partial charge >= 0.3 is 11.7 Å². The predicted molar refractivity (Wildman–Crippen MR) is 344 cm³/mol. The van der Waals surface area contributed by atoms with Crippen molar-refractivity contribution in [1.29, 1.82) is 0 Å². The van der Waals surface area contributed by atoms with Crippen LogP contribution >= 0.6 is 27.3 Å². The molecular formula is C62H57BrN8O14S3. The van der Waals surface area contributed by atoms with E-state index < -0.39 is 42.4 Å². The SMILES string of the molecule is CCOc1ccc(/C=[N+](\[O-])c2ccccc2)cc1.CCOc1ccc(C=Nc2ccc(C(=O)O)cc2)cc1.COc1ccc(OC)c(C=Nc2ccc(S(N)(=O)=O)cc2)c1.O=[N+]([O-])c1cc(Br)cc(C=Nc2ccc(S(=O)(=O)Nc3nccs3)cc2)c1O. The van der Waals surface area contributed by atoms with Gasteiger partial charge in [0.05, 0.1) is 64.8 Å². The lowest BCUT2D eigenvalue weighted by Gasteiger charge is -2.06. The molecule has 0 fully saturated rings. The monoisotopic (exact) mass is 1310 g/mol. The number of para-hydroxylation sites is 1. The number of nitro groups is 1. The number of aromatic hydroxyl groups is 1. The Balaban J connectivity index is 0.000000190. The van der Waals surface area contributed by atoms with E-state index >= 15 is 0 Å². The normalized spacial score (nSPS) is 11.3. The van der Waals surface area contributed by atoms with E-state index in [1.165, 1.54) is 73.1 Å². The van der Waals surface area contributed by atoms with Crippen molar-refractivity contribution in [1.82, 2.24) is 4.98 Å². The largest absolute Gasteiger partial charge is 0.618 e. The second-order valence-corrected chi connectivity index (χ2v) is 22.7. The lowest BCUT2D eigenvalue weighted by atomic mass is 10.2. The molecule has 88 heavy (non-hydrogen) atoms. The van der Waals surface area contributed by atoms with Crippen molar-refractivity contribution >= 4 is 112 Å². The first-order chi connectivity index (χ1) is 42.2. The highest BCUT2D eigenvalue weighted by molar-refractivity contribution is 9.10. The van der Waals surface area contributed by atoms with Gasteiger partial charge in [-0.25, -0.2) is 31.8 Å². The van der Waals surface area contributed by atoms with E-state index in [1.54, 1.807) is 92.8 Å². The van der Waals surface area contributed by atoms with Gasteiger partial charge in [-0.3, -0.25) is 29.8 Å². The van der Waals surface area contributed by atoms with Crippen molar-refractivity contribution in [2.75, 3.05) is 32.2 Å². The van der Waals surface area contributed by atoms with Crippen molar-refractivity contribution in [2.45, 2.75) is 23.6 Å². The van der Waals surface area contributed by atoms with Crippen molar-refractivity contribution in [3.8, 4) is 28.7 Å². The summed E-state index contributed by atoms with van der Waals surface area (Å²) in [5.41, 5.74) is 4.81. The minimum Gasteiger partial charge on any atom is -0.618 e.